The van der Waals surface area contributed by atoms with Crippen molar-refractivity contribution >= 4 is 11.5 Å². The summed E-state index contributed by atoms with van der Waals surface area (Å²) >= 11 is 0. The van der Waals surface area contributed by atoms with E-state index in [9.17, 15) is 13.2 Å². The molecular weight excluding hydrogens is 253 g/mol. The third-order valence-electron chi connectivity index (χ3n) is 3.56. The van der Waals surface area contributed by atoms with Crippen molar-refractivity contribution < 1.29 is 13.2 Å². The largest absolute Gasteiger partial charge is 0.416 e. The summed E-state index contributed by atoms with van der Waals surface area (Å²) in [7, 11) is 0. The van der Waals surface area contributed by atoms with Crippen LogP contribution in [0.25, 0.3) is 0 Å². The Hall–Kier alpha value is -1.65. The summed E-state index contributed by atoms with van der Waals surface area (Å²) < 4.78 is 37.5. The molecule has 1 aliphatic heterocycles. The number of aliphatic imine (C=N–C) groups is 2. The van der Waals surface area contributed by atoms with Crippen LogP contribution in [0.1, 0.15) is 30.9 Å². The zero-order valence-electron chi connectivity index (χ0n) is 10.4. The molecule has 1 aromatic rings. The molecule has 2 unspecified atom stereocenters. The van der Waals surface area contributed by atoms with Crippen molar-refractivity contribution in [3.63, 3.8) is 0 Å². The molecule has 1 aromatic carbocycles. The van der Waals surface area contributed by atoms with Gasteiger partial charge in [-0.25, -0.2) is 4.99 Å². The van der Waals surface area contributed by atoms with E-state index in [1.54, 1.807) is 0 Å². The minimum atomic E-state index is -4.30. The van der Waals surface area contributed by atoms with Crippen LogP contribution in [0.5, 0.6) is 0 Å². The average molecular weight is 266 g/mol. The Balaban J connectivity index is 1.89. The van der Waals surface area contributed by atoms with E-state index in [2.05, 4.69) is 9.98 Å². The van der Waals surface area contributed by atoms with E-state index in [-0.39, 0.29) is 0 Å². The average Bonchev–Trinajstić information content (AvgIpc) is 3.16. The van der Waals surface area contributed by atoms with Gasteiger partial charge in [0.05, 0.1) is 11.6 Å². The molecule has 0 saturated heterocycles. The van der Waals surface area contributed by atoms with Gasteiger partial charge in [-0.1, -0.05) is 19.1 Å². The molecule has 0 bridgehead atoms. The van der Waals surface area contributed by atoms with Gasteiger partial charge in [0.25, 0.3) is 0 Å². The van der Waals surface area contributed by atoms with Crippen molar-refractivity contribution in [3.8, 4) is 0 Å². The molecule has 1 fully saturated rings. The van der Waals surface area contributed by atoms with Crippen molar-refractivity contribution in [1.82, 2.24) is 0 Å². The van der Waals surface area contributed by atoms with Crippen LogP contribution < -0.4 is 0 Å². The van der Waals surface area contributed by atoms with Crippen LogP contribution in [0.15, 0.2) is 34.3 Å². The molecule has 0 amide bonds. The second kappa shape index (κ2) is 4.18. The van der Waals surface area contributed by atoms with Crippen LogP contribution >= 0.6 is 0 Å². The maximum atomic E-state index is 12.5. The highest BCUT2D eigenvalue weighted by Gasteiger charge is 2.43. The van der Waals surface area contributed by atoms with E-state index >= 15 is 0 Å². The van der Waals surface area contributed by atoms with Gasteiger partial charge in [0.1, 0.15) is 0 Å². The molecule has 0 aromatic heterocycles. The molecule has 1 saturated carbocycles. The topological polar surface area (TPSA) is 24.7 Å². The first-order valence-corrected chi connectivity index (χ1v) is 6.32. The zero-order chi connectivity index (χ0) is 13.6. The van der Waals surface area contributed by atoms with Crippen molar-refractivity contribution in [3.05, 3.63) is 35.4 Å². The molecular formula is C14H13F3N2. The summed E-state index contributed by atoms with van der Waals surface area (Å²) in [6.45, 7) is 2.05. The van der Waals surface area contributed by atoms with Gasteiger partial charge < -0.3 is 0 Å². The van der Waals surface area contributed by atoms with Gasteiger partial charge in [-0.3, -0.25) is 4.99 Å². The predicted molar refractivity (Wildman–Crippen MR) is 67.6 cm³/mol. The highest BCUT2D eigenvalue weighted by Crippen LogP contribution is 2.39. The molecule has 100 valence electrons. The lowest BCUT2D eigenvalue weighted by molar-refractivity contribution is -0.137. The second-order valence-corrected chi connectivity index (χ2v) is 4.89. The number of hydrogen-bond donors (Lipinski definition) is 0. The molecule has 0 spiro atoms. The number of fused-ring (bicyclic) bond motifs is 1. The first kappa shape index (κ1) is 12.4. The highest BCUT2D eigenvalue weighted by atomic mass is 19.4. The van der Waals surface area contributed by atoms with Crippen LogP contribution in [0.4, 0.5) is 13.2 Å². The van der Waals surface area contributed by atoms with Crippen LogP contribution in [0.2, 0.25) is 0 Å². The third kappa shape index (κ3) is 2.29. The van der Waals surface area contributed by atoms with Crippen LogP contribution in [-0.2, 0) is 6.18 Å². The maximum absolute atomic E-state index is 12.5. The minimum absolute atomic E-state index is 0.296. The fourth-order valence-electron chi connectivity index (χ4n) is 2.38. The zero-order valence-corrected chi connectivity index (χ0v) is 10.4. The number of rotatable bonds is 2. The van der Waals surface area contributed by atoms with Gasteiger partial charge in [-0.15, -0.1) is 0 Å². The Morgan fingerprint density at radius 3 is 2.47 bits per heavy atom. The van der Waals surface area contributed by atoms with Gasteiger partial charge in [0, 0.05) is 17.2 Å². The smallest absolute Gasteiger partial charge is 0.262 e. The first-order valence-electron chi connectivity index (χ1n) is 6.32. The van der Waals surface area contributed by atoms with Gasteiger partial charge in [0.2, 0.25) is 0 Å². The summed E-state index contributed by atoms with van der Waals surface area (Å²) in [5.74, 6) is 1.05. The number of halogens is 3. The number of alkyl halides is 3. The monoisotopic (exact) mass is 266 g/mol. The number of nitrogens with zero attached hydrogens (tertiary/aromatic N) is 2. The lowest BCUT2D eigenvalue weighted by atomic mass is 10.1. The fraction of sp³-hybridized carbons (Fsp3) is 0.429. The molecule has 3 rings (SSSR count). The molecule has 0 N–H and O–H groups in total. The summed E-state index contributed by atoms with van der Waals surface area (Å²) in [5.41, 5.74) is 1.14. The summed E-state index contributed by atoms with van der Waals surface area (Å²) in [5, 5.41) is 0. The molecule has 1 aliphatic carbocycles. The molecule has 2 nitrogen and oxygen atoms in total. The maximum Gasteiger partial charge on any atom is 0.416 e. The van der Waals surface area contributed by atoms with E-state index in [1.807, 2.05) is 6.92 Å². The Labute approximate surface area is 109 Å². The van der Waals surface area contributed by atoms with Crippen molar-refractivity contribution in [2.45, 2.75) is 32.0 Å². The fourth-order valence-corrected chi connectivity index (χ4v) is 2.38. The first-order chi connectivity index (χ1) is 8.99. The highest BCUT2D eigenvalue weighted by molar-refractivity contribution is 6.10. The van der Waals surface area contributed by atoms with Crippen LogP contribution in [0, 0.1) is 5.92 Å². The van der Waals surface area contributed by atoms with Crippen molar-refractivity contribution in [2.24, 2.45) is 15.9 Å². The van der Waals surface area contributed by atoms with Crippen molar-refractivity contribution in [1.29, 1.82) is 0 Å². The van der Waals surface area contributed by atoms with E-state index in [0.29, 0.717) is 23.4 Å². The second-order valence-electron chi connectivity index (χ2n) is 4.89. The Morgan fingerprint density at radius 1 is 1.21 bits per heavy atom. The van der Waals surface area contributed by atoms with E-state index in [4.69, 9.17) is 0 Å². The van der Waals surface area contributed by atoms with Gasteiger partial charge >= 0.3 is 6.18 Å². The molecule has 2 atom stereocenters. The number of amidine groups is 1. The molecule has 5 heteroatoms. The van der Waals surface area contributed by atoms with Gasteiger partial charge in [-0.05, 0) is 25.0 Å². The standard InChI is InChI=1S/C14H13F3N2/c1-2-11-10-7-12(10)19-13(18-11)8-3-5-9(6-4-8)14(15,16)17/h3-6,10,12H,2,7H2,1H3. The lowest BCUT2D eigenvalue weighted by Gasteiger charge is -2.11. The third-order valence-corrected chi connectivity index (χ3v) is 3.56. The number of benzene rings is 1. The van der Waals surface area contributed by atoms with Crippen LogP contribution in [0.3, 0.4) is 0 Å². The normalized spacial score (nSPS) is 25.5. The van der Waals surface area contributed by atoms with Crippen molar-refractivity contribution in [2.75, 3.05) is 0 Å². The van der Waals surface area contributed by atoms with Crippen LogP contribution in [-0.4, -0.2) is 17.6 Å². The lowest BCUT2D eigenvalue weighted by Crippen LogP contribution is -2.14. The molecule has 2 aliphatic rings. The van der Waals surface area contributed by atoms with E-state index < -0.39 is 11.7 Å². The number of hydrogen-bond acceptors (Lipinski definition) is 2. The Bertz CT molecular complexity index is 555. The van der Waals surface area contributed by atoms with Gasteiger partial charge in [0.15, 0.2) is 5.84 Å². The van der Waals surface area contributed by atoms with Gasteiger partial charge in [-0.2, -0.15) is 13.2 Å². The molecule has 19 heavy (non-hydrogen) atoms. The molecule has 1 heterocycles. The Morgan fingerprint density at radius 2 is 1.89 bits per heavy atom. The van der Waals surface area contributed by atoms with E-state index in [0.717, 1.165) is 30.7 Å². The minimum Gasteiger partial charge on any atom is -0.262 e. The predicted octanol–water partition coefficient (Wildman–Crippen LogP) is 3.71. The summed E-state index contributed by atoms with van der Waals surface area (Å²) in [4.78, 5) is 8.93. The summed E-state index contributed by atoms with van der Waals surface area (Å²) in [6.07, 6.45) is -2.40. The summed E-state index contributed by atoms with van der Waals surface area (Å²) in [6, 6.07) is 5.35. The quantitative estimate of drug-likeness (QED) is 0.779. The SMILES string of the molecule is CCC1=NC(c2ccc(C(F)(F)F)cc2)=NC2CC12. The Kier molecular flexibility index (Phi) is 2.73. The van der Waals surface area contributed by atoms with E-state index in [1.165, 1.54) is 12.1 Å². The molecule has 0 radical (unpaired) electrons.